The van der Waals surface area contributed by atoms with Gasteiger partial charge >= 0.3 is 0 Å². The van der Waals surface area contributed by atoms with E-state index in [-0.39, 0.29) is 22.5 Å². The van der Waals surface area contributed by atoms with Crippen molar-refractivity contribution < 1.29 is 17.8 Å². The SMILES string of the molecule is CNc1nc(Nc2ccc(CS(=O)(=O)O)cc2)c(C(N)=O)nc1Cl. The minimum absolute atomic E-state index is 0.000324. The third-order valence-electron chi connectivity index (χ3n) is 2.89. The fraction of sp³-hybridized carbons (Fsp3) is 0.154. The van der Waals surface area contributed by atoms with Gasteiger partial charge in [0.25, 0.3) is 16.0 Å². The molecule has 0 aliphatic heterocycles. The first-order valence-corrected chi connectivity index (χ1v) is 8.54. The first kappa shape index (κ1) is 17.9. The van der Waals surface area contributed by atoms with E-state index < -0.39 is 21.8 Å². The first-order valence-electron chi connectivity index (χ1n) is 6.56. The molecule has 0 spiro atoms. The van der Waals surface area contributed by atoms with Crippen molar-refractivity contribution in [1.29, 1.82) is 0 Å². The molecule has 0 radical (unpaired) electrons. The zero-order valence-corrected chi connectivity index (χ0v) is 14.0. The Kier molecular flexibility index (Phi) is 5.22. The zero-order valence-electron chi connectivity index (χ0n) is 12.4. The number of rotatable bonds is 6. The van der Waals surface area contributed by atoms with Crippen molar-refractivity contribution in [3.05, 3.63) is 40.7 Å². The van der Waals surface area contributed by atoms with Gasteiger partial charge in [-0.05, 0) is 17.7 Å². The van der Waals surface area contributed by atoms with Gasteiger partial charge in [-0.2, -0.15) is 8.42 Å². The Labute approximate surface area is 143 Å². The number of halogens is 1. The average molecular weight is 372 g/mol. The molecule has 1 heterocycles. The number of anilines is 3. The van der Waals surface area contributed by atoms with Crippen LogP contribution in [0.2, 0.25) is 5.15 Å². The van der Waals surface area contributed by atoms with Gasteiger partial charge in [-0.1, -0.05) is 23.7 Å². The van der Waals surface area contributed by atoms with E-state index in [4.69, 9.17) is 21.9 Å². The van der Waals surface area contributed by atoms with Crippen molar-refractivity contribution in [2.75, 3.05) is 17.7 Å². The summed E-state index contributed by atoms with van der Waals surface area (Å²) in [6.07, 6.45) is 0. The summed E-state index contributed by atoms with van der Waals surface area (Å²) < 4.78 is 30.5. The third kappa shape index (κ3) is 4.54. The molecule has 2 aromatic rings. The molecular weight excluding hydrogens is 358 g/mol. The van der Waals surface area contributed by atoms with Gasteiger partial charge in [-0.25, -0.2) is 9.97 Å². The van der Waals surface area contributed by atoms with Crippen LogP contribution in [0, 0.1) is 0 Å². The Balaban J connectivity index is 2.32. The molecular formula is C13H14ClN5O4S. The lowest BCUT2D eigenvalue weighted by Gasteiger charge is -2.12. The quantitative estimate of drug-likeness (QED) is 0.557. The molecule has 0 fully saturated rings. The van der Waals surface area contributed by atoms with Crippen LogP contribution in [0.3, 0.4) is 0 Å². The van der Waals surface area contributed by atoms with E-state index in [0.29, 0.717) is 11.3 Å². The van der Waals surface area contributed by atoms with Crippen LogP contribution < -0.4 is 16.4 Å². The van der Waals surface area contributed by atoms with E-state index in [2.05, 4.69) is 20.6 Å². The summed E-state index contributed by atoms with van der Waals surface area (Å²) in [6.45, 7) is 0. The van der Waals surface area contributed by atoms with E-state index in [9.17, 15) is 13.2 Å². The molecule has 0 aliphatic carbocycles. The molecule has 1 aromatic heterocycles. The van der Waals surface area contributed by atoms with Gasteiger partial charge in [-0.15, -0.1) is 0 Å². The molecule has 0 bridgehead atoms. The number of hydrogen-bond donors (Lipinski definition) is 4. The van der Waals surface area contributed by atoms with Crippen molar-refractivity contribution in [2.24, 2.45) is 5.73 Å². The van der Waals surface area contributed by atoms with Crippen molar-refractivity contribution in [3.63, 3.8) is 0 Å². The third-order valence-corrected chi connectivity index (χ3v) is 3.85. The Morgan fingerprint density at radius 1 is 1.25 bits per heavy atom. The van der Waals surface area contributed by atoms with E-state index >= 15 is 0 Å². The number of carbonyl (C=O) groups is 1. The summed E-state index contributed by atoms with van der Waals surface area (Å²) in [5, 5.41) is 5.59. The lowest BCUT2D eigenvalue weighted by Crippen LogP contribution is -2.17. The van der Waals surface area contributed by atoms with Crippen molar-refractivity contribution >= 4 is 44.9 Å². The summed E-state index contributed by atoms with van der Waals surface area (Å²) in [7, 11) is -2.52. The molecule has 2 rings (SSSR count). The van der Waals surface area contributed by atoms with Crippen molar-refractivity contribution in [2.45, 2.75) is 5.75 Å². The van der Waals surface area contributed by atoms with Crippen LogP contribution in [0.1, 0.15) is 16.1 Å². The van der Waals surface area contributed by atoms with Crippen LogP contribution in [0.5, 0.6) is 0 Å². The molecule has 1 aromatic carbocycles. The maximum Gasteiger partial charge on any atom is 0.271 e. The number of nitrogens with zero attached hydrogens (tertiary/aromatic N) is 2. The average Bonchev–Trinajstić information content (AvgIpc) is 2.49. The number of benzene rings is 1. The van der Waals surface area contributed by atoms with Gasteiger partial charge in [-0.3, -0.25) is 9.35 Å². The van der Waals surface area contributed by atoms with Gasteiger partial charge in [0, 0.05) is 12.7 Å². The van der Waals surface area contributed by atoms with Crippen LogP contribution in [-0.4, -0.2) is 35.9 Å². The predicted molar refractivity (Wildman–Crippen MR) is 90.1 cm³/mol. The highest BCUT2D eigenvalue weighted by atomic mass is 35.5. The van der Waals surface area contributed by atoms with Crippen LogP contribution in [0.15, 0.2) is 24.3 Å². The fourth-order valence-corrected chi connectivity index (χ4v) is 2.70. The lowest BCUT2D eigenvalue weighted by atomic mass is 10.2. The van der Waals surface area contributed by atoms with Crippen LogP contribution in [-0.2, 0) is 15.9 Å². The summed E-state index contributed by atoms with van der Waals surface area (Å²) in [4.78, 5) is 19.5. The molecule has 9 nitrogen and oxygen atoms in total. The molecule has 1 amide bonds. The minimum atomic E-state index is -4.11. The van der Waals surface area contributed by atoms with Crippen molar-refractivity contribution in [3.8, 4) is 0 Å². The molecule has 0 atom stereocenters. The molecule has 24 heavy (non-hydrogen) atoms. The number of hydrogen-bond acceptors (Lipinski definition) is 7. The maximum atomic E-state index is 11.5. The van der Waals surface area contributed by atoms with Crippen LogP contribution in [0.4, 0.5) is 17.3 Å². The first-order chi connectivity index (χ1) is 11.2. The van der Waals surface area contributed by atoms with E-state index in [1.165, 1.54) is 12.1 Å². The summed E-state index contributed by atoms with van der Waals surface area (Å²) in [5.41, 5.74) is 6.04. The Bertz CT molecular complexity index is 871. The number of amides is 1. The van der Waals surface area contributed by atoms with E-state index in [0.717, 1.165) is 0 Å². The summed E-state index contributed by atoms with van der Waals surface area (Å²) in [6, 6.07) is 6.12. The Morgan fingerprint density at radius 3 is 2.38 bits per heavy atom. The highest BCUT2D eigenvalue weighted by molar-refractivity contribution is 7.85. The molecule has 0 unspecified atom stereocenters. The monoisotopic (exact) mass is 371 g/mol. The normalized spacial score (nSPS) is 11.1. The fourth-order valence-electron chi connectivity index (χ4n) is 1.86. The number of primary amides is 1. The molecule has 5 N–H and O–H groups in total. The lowest BCUT2D eigenvalue weighted by molar-refractivity contribution is 0.0996. The highest BCUT2D eigenvalue weighted by Crippen LogP contribution is 2.24. The van der Waals surface area contributed by atoms with Gasteiger partial charge < -0.3 is 16.4 Å². The number of carbonyl (C=O) groups excluding carboxylic acids is 1. The number of nitrogens with one attached hydrogen (secondary N) is 2. The molecule has 0 saturated heterocycles. The highest BCUT2D eigenvalue weighted by Gasteiger charge is 2.16. The van der Waals surface area contributed by atoms with Gasteiger partial charge in [0.2, 0.25) is 0 Å². The largest absolute Gasteiger partial charge is 0.371 e. The summed E-state index contributed by atoms with van der Waals surface area (Å²) >= 11 is 5.88. The molecule has 128 valence electrons. The second kappa shape index (κ2) is 6.99. The van der Waals surface area contributed by atoms with Crippen molar-refractivity contribution in [1.82, 2.24) is 9.97 Å². The Morgan fingerprint density at radius 2 is 1.88 bits per heavy atom. The second-order valence-corrected chi connectivity index (χ2v) is 6.53. The van der Waals surface area contributed by atoms with Gasteiger partial charge in [0.1, 0.15) is 5.75 Å². The Hall–Kier alpha value is -2.43. The summed E-state index contributed by atoms with van der Waals surface area (Å²) in [5.74, 6) is -0.951. The van der Waals surface area contributed by atoms with Gasteiger partial charge in [0.05, 0.1) is 0 Å². The molecule has 0 saturated carbocycles. The minimum Gasteiger partial charge on any atom is -0.371 e. The number of nitrogens with two attached hydrogens (primary N) is 1. The van der Waals surface area contributed by atoms with Crippen LogP contribution >= 0.6 is 11.6 Å². The topological polar surface area (TPSA) is 147 Å². The van der Waals surface area contributed by atoms with Gasteiger partial charge in [0.15, 0.2) is 22.5 Å². The number of aromatic nitrogens is 2. The van der Waals surface area contributed by atoms with Crippen LogP contribution in [0.25, 0.3) is 0 Å². The van der Waals surface area contributed by atoms with E-state index in [1.54, 1.807) is 19.2 Å². The molecule has 11 heteroatoms. The van der Waals surface area contributed by atoms with E-state index in [1.807, 2.05) is 0 Å². The zero-order chi connectivity index (χ0) is 17.9. The molecule has 0 aliphatic rings. The predicted octanol–water partition coefficient (Wildman–Crippen LogP) is 1.40. The second-order valence-electron chi connectivity index (χ2n) is 4.72. The standard InChI is InChI=1S/C13H14ClN5O4S/c1-16-13-10(14)18-9(11(15)20)12(19-13)17-8-4-2-7(3-5-8)6-24(21,22)23/h2-5H,6H2,1H3,(H2,15,20)(H2,16,17,19)(H,21,22,23). The maximum absolute atomic E-state index is 11.5. The smallest absolute Gasteiger partial charge is 0.271 e.